The lowest BCUT2D eigenvalue weighted by atomic mass is 9.93. The first kappa shape index (κ1) is 10.5. The third kappa shape index (κ3) is 1.44. The zero-order valence-electron chi connectivity index (χ0n) is 8.75. The Balaban J connectivity index is 2.56. The van der Waals surface area contributed by atoms with Gasteiger partial charge < -0.3 is 5.11 Å². The van der Waals surface area contributed by atoms with Gasteiger partial charge in [0.05, 0.1) is 10.8 Å². The van der Waals surface area contributed by atoms with Crippen LogP contribution in [0.15, 0.2) is 18.2 Å². The van der Waals surface area contributed by atoms with Crippen LogP contribution < -0.4 is 0 Å². The van der Waals surface area contributed by atoms with E-state index in [1.807, 2.05) is 25.1 Å². The molecule has 0 radical (unpaired) electrons. The van der Waals surface area contributed by atoms with Crippen LogP contribution in [0.25, 0.3) is 0 Å². The molecular weight excluding hydrogens is 212 g/mol. The third-order valence-electron chi connectivity index (χ3n) is 3.30. The Kier molecular flexibility index (Phi) is 2.27. The summed E-state index contributed by atoms with van der Waals surface area (Å²) in [5, 5.41) is 9.13. The van der Waals surface area contributed by atoms with E-state index in [2.05, 4.69) is 0 Å². The van der Waals surface area contributed by atoms with Gasteiger partial charge in [0.15, 0.2) is 0 Å². The second-order valence-electron chi connectivity index (χ2n) is 4.27. The molecule has 1 N–H and O–H groups in total. The number of hydrogen-bond acceptors (Lipinski definition) is 1. The molecule has 3 heteroatoms. The first-order valence-corrected chi connectivity index (χ1v) is 5.33. The van der Waals surface area contributed by atoms with E-state index in [4.69, 9.17) is 16.7 Å². The van der Waals surface area contributed by atoms with Crippen molar-refractivity contribution in [2.75, 3.05) is 0 Å². The van der Waals surface area contributed by atoms with Crippen LogP contribution in [-0.4, -0.2) is 11.1 Å². The molecule has 0 bridgehead atoms. The van der Waals surface area contributed by atoms with E-state index in [0.717, 1.165) is 16.7 Å². The highest BCUT2D eigenvalue weighted by atomic mass is 35.5. The normalized spacial score (nSPS) is 28.9. The van der Waals surface area contributed by atoms with Gasteiger partial charge >= 0.3 is 5.97 Å². The van der Waals surface area contributed by atoms with E-state index in [-0.39, 0.29) is 0 Å². The molecule has 0 saturated carbocycles. The van der Waals surface area contributed by atoms with Crippen molar-refractivity contribution in [1.29, 1.82) is 0 Å². The number of aryl methyl sites for hydroxylation is 1. The molecule has 1 aliphatic carbocycles. The summed E-state index contributed by atoms with van der Waals surface area (Å²) in [4.78, 5) is 10.3. The molecule has 0 spiro atoms. The molecule has 2 unspecified atom stereocenters. The average molecular weight is 225 g/mol. The molecule has 0 aliphatic heterocycles. The van der Waals surface area contributed by atoms with Gasteiger partial charge in [-0.2, -0.15) is 0 Å². The van der Waals surface area contributed by atoms with Gasteiger partial charge in [0.1, 0.15) is 0 Å². The van der Waals surface area contributed by atoms with E-state index in [0.29, 0.717) is 6.42 Å². The van der Waals surface area contributed by atoms with Gasteiger partial charge in [0.2, 0.25) is 0 Å². The van der Waals surface area contributed by atoms with Crippen LogP contribution in [0.4, 0.5) is 0 Å². The number of hydrogen-bond donors (Lipinski definition) is 1. The predicted molar refractivity (Wildman–Crippen MR) is 59.2 cm³/mol. The van der Waals surface area contributed by atoms with Crippen molar-refractivity contribution in [1.82, 2.24) is 0 Å². The Hall–Kier alpha value is -1.02. The van der Waals surface area contributed by atoms with E-state index in [9.17, 15) is 4.79 Å². The monoisotopic (exact) mass is 224 g/mol. The van der Waals surface area contributed by atoms with Crippen LogP contribution in [0, 0.1) is 12.8 Å². The molecule has 80 valence electrons. The van der Waals surface area contributed by atoms with Crippen LogP contribution >= 0.6 is 11.6 Å². The summed E-state index contributed by atoms with van der Waals surface area (Å²) in [6, 6.07) is 5.85. The Morgan fingerprint density at radius 2 is 2.27 bits per heavy atom. The fourth-order valence-electron chi connectivity index (χ4n) is 2.33. The summed E-state index contributed by atoms with van der Waals surface area (Å²) in [6.07, 6.45) is 0.539. The molecular formula is C12H13ClO2. The molecule has 15 heavy (non-hydrogen) atoms. The topological polar surface area (TPSA) is 37.3 Å². The maximum atomic E-state index is 11.1. The van der Waals surface area contributed by atoms with Crippen LogP contribution in [0.3, 0.4) is 0 Å². The Morgan fingerprint density at radius 3 is 2.80 bits per heavy atom. The van der Waals surface area contributed by atoms with Gasteiger partial charge in [-0.05, 0) is 37.0 Å². The molecule has 2 nitrogen and oxygen atoms in total. The number of fused-ring (bicyclic) bond motifs is 1. The summed E-state index contributed by atoms with van der Waals surface area (Å²) >= 11 is 6.35. The van der Waals surface area contributed by atoms with Crippen molar-refractivity contribution in [2.24, 2.45) is 5.92 Å². The summed E-state index contributed by atoms with van der Waals surface area (Å²) in [5.74, 6) is -1.33. The number of aliphatic carboxylic acids is 1. The SMILES string of the molecule is Cc1cccc2c1CC(C(=O)O)C2(C)Cl. The predicted octanol–water partition coefficient (Wildman–Crippen LogP) is 2.71. The van der Waals surface area contributed by atoms with Gasteiger partial charge in [0.25, 0.3) is 0 Å². The van der Waals surface area contributed by atoms with Crippen LogP contribution in [0.5, 0.6) is 0 Å². The Labute approximate surface area is 93.9 Å². The standard InChI is InChI=1S/C12H13ClO2/c1-7-4-3-5-9-8(7)6-10(11(14)15)12(9,2)13/h3-5,10H,6H2,1-2H3,(H,14,15). The molecule has 1 aromatic carbocycles. The second-order valence-corrected chi connectivity index (χ2v) is 5.06. The van der Waals surface area contributed by atoms with E-state index < -0.39 is 16.8 Å². The number of carboxylic acid groups (broad SMARTS) is 1. The Bertz CT molecular complexity index is 424. The fourth-order valence-corrected chi connectivity index (χ4v) is 2.68. The van der Waals surface area contributed by atoms with Gasteiger partial charge in [0, 0.05) is 0 Å². The van der Waals surface area contributed by atoms with E-state index in [1.54, 1.807) is 6.92 Å². The van der Waals surface area contributed by atoms with Gasteiger partial charge in [-0.3, -0.25) is 4.79 Å². The number of halogens is 1. The maximum absolute atomic E-state index is 11.1. The molecule has 2 rings (SSSR count). The highest BCUT2D eigenvalue weighted by Crippen LogP contribution is 2.47. The number of rotatable bonds is 1. The fraction of sp³-hybridized carbons (Fsp3) is 0.417. The van der Waals surface area contributed by atoms with Crippen LogP contribution in [0.1, 0.15) is 23.6 Å². The summed E-state index contributed by atoms with van der Waals surface area (Å²) in [7, 11) is 0. The van der Waals surface area contributed by atoms with Gasteiger partial charge in [-0.25, -0.2) is 0 Å². The molecule has 2 atom stereocenters. The van der Waals surface area contributed by atoms with Crippen molar-refractivity contribution in [3.05, 3.63) is 34.9 Å². The minimum absolute atomic E-state index is 0.518. The van der Waals surface area contributed by atoms with Crippen molar-refractivity contribution >= 4 is 17.6 Å². The lowest BCUT2D eigenvalue weighted by Gasteiger charge is -2.22. The van der Waals surface area contributed by atoms with Crippen molar-refractivity contribution in [3.8, 4) is 0 Å². The maximum Gasteiger partial charge on any atom is 0.308 e. The summed E-state index contributed by atoms with van der Waals surface area (Å²) in [6.45, 7) is 3.79. The lowest BCUT2D eigenvalue weighted by molar-refractivity contribution is -0.142. The quantitative estimate of drug-likeness (QED) is 0.745. The van der Waals surface area contributed by atoms with Crippen molar-refractivity contribution < 1.29 is 9.90 Å². The number of carboxylic acids is 1. The number of benzene rings is 1. The zero-order chi connectivity index (χ0) is 11.2. The molecule has 0 fully saturated rings. The molecule has 1 aromatic rings. The molecule has 0 saturated heterocycles. The molecule has 0 amide bonds. The largest absolute Gasteiger partial charge is 0.481 e. The van der Waals surface area contributed by atoms with E-state index in [1.165, 1.54) is 0 Å². The second kappa shape index (κ2) is 3.24. The smallest absolute Gasteiger partial charge is 0.308 e. The molecule has 1 aliphatic rings. The third-order valence-corrected chi connectivity index (χ3v) is 3.76. The zero-order valence-corrected chi connectivity index (χ0v) is 9.51. The highest BCUT2D eigenvalue weighted by molar-refractivity contribution is 6.25. The van der Waals surface area contributed by atoms with Gasteiger partial charge in [-0.15, -0.1) is 11.6 Å². The first-order valence-electron chi connectivity index (χ1n) is 4.95. The number of alkyl halides is 1. The highest BCUT2D eigenvalue weighted by Gasteiger charge is 2.46. The van der Waals surface area contributed by atoms with Crippen molar-refractivity contribution in [2.45, 2.75) is 25.1 Å². The summed E-state index contributed by atoms with van der Waals surface area (Å²) < 4.78 is 0. The van der Waals surface area contributed by atoms with Crippen LogP contribution in [0.2, 0.25) is 0 Å². The average Bonchev–Trinajstić information content (AvgIpc) is 2.40. The summed E-state index contributed by atoms with van der Waals surface area (Å²) in [5.41, 5.74) is 3.20. The molecule has 0 aromatic heterocycles. The molecule has 0 heterocycles. The minimum atomic E-state index is -0.817. The van der Waals surface area contributed by atoms with Crippen LogP contribution in [-0.2, 0) is 16.1 Å². The van der Waals surface area contributed by atoms with Gasteiger partial charge in [-0.1, -0.05) is 18.2 Å². The lowest BCUT2D eigenvalue weighted by Crippen LogP contribution is -2.28. The number of carbonyl (C=O) groups is 1. The minimum Gasteiger partial charge on any atom is -0.481 e. The van der Waals surface area contributed by atoms with E-state index >= 15 is 0 Å². The Morgan fingerprint density at radius 1 is 1.60 bits per heavy atom. The van der Waals surface area contributed by atoms with Crippen molar-refractivity contribution in [3.63, 3.8) is 0 Å². The first-order chi connectivity index (χ1) is 6.94.